The molecule has 1 aromatic carbocycles. The number of nitrogens with two attached hydrogens (primary N) is 1. The molecule has 112 valence electrons. The maximum absolute atomic E-state index is 6.42. The fourth-order valence-corrected chi connectivity index (χ4v) is 3.16. The van der Waals surface area contributed by atoms with Crippen LogP contribution in [0.4, 0.5) is 0 Å². The zero-order valence-electron chi connectivity index (χ0n) is 12.9. The van der Waals surface area contributed by atoms with E-state index in [-0.39, 0.29) is 6.04 Å². The molecular formula is C17H27NO2. The summed E-state index contributed by atoms with van der Waals surface area (Å²) in [5.41, 5.74) is 7.65. The van der Waals surface area contributed by atoms with Crippen molar-refractivity contribution in [2.75, 3.05) is 14.2 Å². The summed E-state index contributed by atoms with van der Waals surface area (Å²) in [5.74, 6) is 3.10. The second-order valence-electron chi connectivity index (χ2n) is 6.08. The summed E-state index contributed by atoms with van der Waals surface area (Å²) in [6.07, 6.45) is 6.11. The molecule has 1 unspecified atom stereocenters. The van der Waals surface area contributed by atoms with Crippen LogP contribution >= 0.6 is 0 Å². The van der Waals surface area contributed by atoms with Crippen LogP contribution < -0.4 is 15.2 Å². The van der Waals surface area contributed by atoms with Crippen molar-refractivity contribution in [2.45, 2.75) is 45.1 Å². The minimum Gasteiger partial charge on any atom is -0.493 e. The number of benzene rings is 1. The van der Waals surface area contributed by atoms with Crippen LogP contribution in [0.15, 0.2) is 18.2 Å². The zero-order chi connectivity index (χ0) is 14.5. The first-order valence-electron chi connectivity index (χ1n) is 7.60. The average Bonchev–Trinajstić information content (AvgIpc) is 2.47. The Balaban J connectivity index is 1.98. The summed E-state index contributed by atoms with van der Waals surface area (Å²) in [7, 11) is 3.33. The van der Waals surface area contributed by atoms with Crippen molar-refractivity contribution in [3.05, 3.63) is 23.8 Å². The zero-order valence-corrected chi connectivity index (χ0v) is 12.9. The second kappa shape index (κ2) is 6.98. The molecule has 0 aromatic heterocycles. The van der Waals surface area contributed by atoms with Gasteiger partial charge in [0.25, 0.3) is 0 Å². The third kappa shape index (κ3) is 3.66. The van der Waals surface area contributed by atoms with Crippen LogP contribution in [-0.4, -0.2) is 20.3 Å². The summed E-state index contributed by atoms with van der Waals surface area (Å²) in [4.78, 5) is 0. The van der Waals surface area contributed by atoms with Crippen molar-refractivity contribution in [1.29, 1.82) is 0 Å². The highest BCUT2D eigenvalue weighted by atomic mass is 16.5. The Hall–Kier alpha value is -1.22. The van der Waals surface area contributed by atoms with Gasteiger partial charge in [-0.1, -0.05) is 25.8 Å². The Bertz CT molecular complexity index is 425. The van der Waals surface area contributed by atoms with Gasteiger partial charge < -0.3 is 15.2 Å². The van der Waals surface area contributed by atoms with Crippen LogP contribution in [0.3, 0.4) is 0 Å². The molecule has 1 atom stereocenters. The summed E-state index contributed by atoms with van der Waals surface area (Å²) >= 11 is 0. The van der Waals surface area contributed by atoms with Crippen molar-refractivity contribution in [2.24, 2.45) is 17.6 Å². The molecule has 0 amide bonds. The molecule has 1 saturated carbocycles. The van der Waals surface area contributed by atoms with Crippen LogP contribution in [0.1, 0.15) is 38.2 Å². The fraction of sp³-hybridized carbons (Fsp3) is 0.647. The van der Waals surface area contributed by atoms with Gasteiger partial charge in [0, 0.05) is 6.04 Å². The quantitative estimate of drug-likeness (QED) is 0.897. The van der Waals surface area contributed by atoms with Gasteiger partial charge in [0.2, 0.25) is 0 Å². The third-order valence-corrected chi connectivity index (χ3v) is 4.59. The SMILES string of the molecule is COc1ccc(CC(N)C2CCC(C)CC2)cc1OC. The summed E-state index contributed by atoms with van der Waals surface area (Å²) in [6, 6.07) is 6.35. The van der Waals surface area contributed by atoms with Gasteiger partial charge in [0.1, 0.15) is 0 Å². The van der Waals surface area contributed by atoms with E-state index < -0.39 is 0 Å². The average molecular weight is 277 g/mol. The van der Waals surface area contributed by atoms with Crippen LogP contribution in [0.5, 0.6) is 11.5 Å². The van der Waals surface area contributed by atoms with Crippen molar-refractivity contribution in [3.63, 3.8) is 0 Å². The van der Waals surface area contributed by atoms with Gasteiger partial charge in [-0.15, -0.1) is 0 Å². The second-order valence-corrected chi connectivity index (χ2v) is 6.08. The Morgan fingerprint density at radius 1 is 1.10 bits per heavy atom. The topological polar surface area (TPSA) is 44.5 Å². The van der Waals surface area contributed by atoms with Crippen LogP contribution in [0, 0.1) is 11.8 Å². The van der Waals surface area contributed by atoms with Gasteiger partial charge in [0.15, 0.2) is 11.5 Å². The lowest BCUT2D eigenvalue weighted by Crippen LogP contribution is -2.34. The van der Waals surface area contributed by atoms with Crippen molar-refractivity contribution in [1.82, 2.24) is 0 Å². The lowest BCUT2D eigenvalue weighted by atomic mass is 9.78. The van der Waals surface area contributed by atoms with Gasteiger partial charge in [0.05, 0.1) is 14.2 Å². The van der Waals surface area contributed by atoms with E-state index in [2.05, 4.69) is 13.0 Å². The first kappa shape index (κ1) is 15.2. The highest BCUT2D eigenvalue weighted by Gasteiger charge is 2.23. The fourth-order valence-electron chi connectivity index (χ4n) is 3.16. The monoisotopic (exact) mass is 277 g/mol. The molecule has 3 heteroatoms. The molecule has 0 radical (unpaired) electrons. The molecule has 2 rings (SSSR count). The van der Waals surface area contributed by atoms with Gasteiger partial charge in [-0.25, -0.2) is 0 Å². The summed E-state index contributed by atoms with van der Waals surface area (Å²) in [5, 5.41) is 0. The molecule has 0 bridgehead atoms. The molecule has 3 nitrogen and oxygen atoms in total. The van der Waals surface area contributed by atoms with E-state index in [1.165, 1.54) is 31.2 Å². The van der Waals surface area contributed by atoms with Crippen molar-refractivity contribution in [3.8, 4) is 11.5 Å². The summed E-state index contributed by atoms with van der Waals surface area (Å²) in [6.45, 7) is 2.34. The van der Waals surface area contributed by atoms with Gasteiger partial charge in [-0.05, 0) is 48.8 Å². The van der Waals surface area contributed by atoms with Crippen molar-refractivity contribution < 1.29 is 9.47 Å². The van der Waals surface area contributed by atoms with Crippen LogP contribution in [0.25, 0.3) is 0 Å². The van der Waals surface area contributed by atoms with E-state index in [0.717, 1.165) is 23.8 Å². The maximum Gasteiger partial charge on any atom is 0.160 e. The third-order valence-electron chi connectivity index (χ3n) is 4.59. The number of hydrogen-bond donors (Lipinski definition) is 1. The lowest BCUT2D eigenvalue weighted by molar-refractivity contribution is 0.253. The van der Waals surface area contributed by atoms with Crippen molar-refractivity contribution >= 4 is 0 Å². The Morgan fingerprint density at radius 2 is 1.75 bits per heavy atom. The van der Waals surface area contributed by atoms with E-state index in [4.69, 9.17) is 15.2 Å². The van der Waals surface area contributed by atoms with E-state index in [9.17, 15) is 0 Å². The normalized spacial score (nSPS) is 24.2. The minimum atomic E-state index is 0.251. The standard InChI is InChI=1S/C17H27NO2/c1-12-4-7-14(8-5-12)15(18)10-13-6-9-16(19-2)17(11-13)20-3/h6,9,11-12,14-15H,4-5,7-8,10,18H2,1-3H3. The minimum absolute atomic E-state index is 0.251. The van der Waals surface area contributed by atoms with E-state index in [1.54, 1.807) is 14.2 Å². The molecule has 1 aromatic rings. The molecule has 2 N–H and O–H groups in total. The summed E-state index contributed by atoms with van der Waals surface area (Å²) < 4.78 is 10.6. The van der Waals surface area contributed by atoms with E-state index >= 15 is 0 Å². The Labute approximate surface area is 122 Å². The van der Waals surface area contributed by atoms with Gasteiger partial charge in [-0.3, -0.25) is 0 Å². The van der Waals surface area contributed by atoms with Crippen LogP contribution in [-0.2, 0) is 6.42 Å². The van der Waals surface area contributed by atoms with E-state index in [1.807, 2.05) is 12.1 Å². The molecular weight excluding hydrogens is 250 g/mol. The molecule has 0 spiro atoms. The van der Waals surface area contributed by atoms with Gasteiger partial charge in [-0.2, -0.15) is 0 Å². The van der Waals surface area contributed by atoms with E-state index in [0.29, 0.717) is 5.92 Å². The maximum atomic E-state index is 6.42. The highest BCUT2D eigenvalue weighted by Crippen LogP contribution is 2.32. The number of hydrogen-bond acceptors (Lipinski definition) is 3. The molecule has 0 saturated heterocycles. The first-order chi connectivity index (χ1) is 9.63. The molecule has 1 aliphatic carbocycles. The largest absolute Gasteiger partial charge is 0.493 e. The highest BCUT2D eigenvalue weighted by molar-refractivity contribution is 5.43. The van der Waals surface area contributed by atoms with Crippen LogP contribution in [0.2, 0.25) is 0 Å². The number of methoxy groups -OCH3 is 2. The lowest BCUT2D eigenvalue weighted by Gasteiger charge is -2.30. The van der Waals surface area contributed by atoms with Gasteiger partial charge >= 0.3 is 0 Å². The predicted molar refractivity (Wildman–Crippen MR) is 82.3 cm³/mol. The molecule has 1 aliphatic rings. The predicted octanol–water partition coefficient (Wildman–Crippen LogP) is 3.40. The number of rotatable bonds is 5. The molecule has 20 heavy (non-hydrogen) atoms. The Morgan fingerprint density at radius 3 is 2.35 bits per heavy atom. The molecule has 0 heterocycles. The molecule has 1 fully saturated rings. The Kier molecular flexibility index (Phi) is 5.30. The smallest absolute Gasteiger partial charge is 0.160 e. The molecule has 0 aliphatic heterocycles. The number of ether oxygens (including phenoxy) is 2. The first-order valence-corrected chi connectivity index (χ1v) is 7.60.